The van der Waals surface area contributed by atoms with Crippen LogP contribution in [0.15, 0.2) is 29.4 Å². The summed E-state index contributed by atoms with van der Waals surface area (Å²) in [5.41, 5.74) is 6.36. The Morgan fingerprint density at radius 3 is 2.90 bits per heavy atom. The maximum atomic E-state index is 12.0. The number of rotatable bonds is 3. The zero-order chi connectivity index (χ0) is 15.4. The second kappa shape index (κ2) is 6.58. The second-order valence-corrected chi connectivity index (χ2v) is 4.93. The lowest BCUT2D eigenvalue weighted by atomic mass is 10.1. The molecular weight excluding hydrogens is 294 g/mol. The molecule has 1 aliphatic heterocycles. The summed E-state index contributed by atoms with van der Waals surface area (Å²) >= 11 is 6.16. The van der Waals surface area contributed by atoms with Crippen LogP contribution in [0.4, 0.5) is 0 Å². The number of benzene rings is 1. The van der Waals surface area contributed by atoms with Crippen molar-refractivity contribution in [2.45, 2.75) is 25.8 Å². The molecule has 1 heterocycles. The van der Waals surface area contributed by atoms with Gasteiger partial charge >= 0.3 is 5.97 Å². The van der Waals surface area contributed by atoms with Crippen molar-refractivity contribution >= 4 is 29.3 Å². The zero-order valence-electron chi connectivity index (χ0n) is 11.6. The summed E-state index contributed by atoms with van der Waals surface area (Å²) in [7, 11) is 0. The number of halogens is 1. The summed E-state index contributed by atoms with van der Waals surface area (Å²) in [6, 6.07) is 6.90. The largest absolute Gasteiger partial charge is 0.460 e. The maximum Gasteiger partial charge on any atom is 0.375 e. The second-order valence-electron chi connectivity index (χ2n) is 4.52. The van der Waals surface area contributed by atoms with Crippen LogP contribution in [0.1, 0.15) is 31.4 Å². The van der Waals surface area contributed by atoms with Crippen LogP contribution in [0.2, 0.25) is 5.02 Å². The Bertz CT molecular complexity index is 589. The van der Waals surface area contributed by atoms with E-state index in [2.05, 4.69) is 5.10 Å². The SMILES string of the molecule is CCOC(=O)/C(N)=N/N1C(=O)CCC1c1ccccc1Cl. The first-order valence-electron chi connectivity index (χ1n) is 6.62. The van der Waals surface area contributed by atoms with Gasteiger partial charge in [0.15, 0.2) is 0 Å². The fraction of sp³-hybridized carbons (Fsp3) is 0.357. The van der Waals surface area contributed by atoms with E-state index in [9.17, 15) is 9.59 Å². The summed E-state index contributed by atoms with van der Waals surface area (Å²) in [5.74, 6) is -1.29. The Morgan fingerprint density at radius 1 is 1.52 bits per heavy atom. The van der Waals surface area contributed by atoms with E-state index in [0.717, 1.165) is 5.56 Å². The number of nitrogens with two attached hydrogens (primary N) is 1. The number of hydrazone groups is 1. The molecule has 2 N–H and O–H groups in total. The third kappa shape index (κ3) is 3.33. The summed E-state index contributed by atoms with van der Waals surface area (Å²) in [4.78, 5) is 23.5. The number of amidine groups is 1. The predicted octanol–water partition coefficient (Wildman–Crippen LogP) is 1.84. The van der Waals surface area contributed by atoms with Gasteiger partial charge in [-0.1, -0.05) is 29.8 Å². The molecule has 6 nitrogen and oxygen atoms in total. The third-order valence-electron chi connectivity index (χ3n) is 3.15. The van der Waals surface area contributed by atoms with Crippen molar-refractivity contribution in [3.05, 3.63) is 34.9 Å². The minimum Gasteiger partial charge on any atom is -0.460 e. The van der Waals surface area contributed by atoms with Crippen molar-refractivity contribution in [3.63, 3.8) is 0 Å². The quantitative estimate of drug-likeness (QED) is 0.524. The van der Waals surface area contributed by atoms with Gasteiger partial charge in [-0.3, -0.25) is 4.79 Å². The lowest BCUT2D eigenvalue weighted by Gasteiger charge is -2.21. The number of carbonyl (C=O) groups excluding carboxylic acids is 2. The summed E-state index contributed by atoms with van der Waals surface area (Å²) in [5, 5.41) is 5.68. The Labute approximate surface area is 127 Å². The Hall–Kier alpha value is -2.08. The number of hydrogen-bond acceptors (Lipinski definition) is 4. The number of esters is 1. The fourth-order valence-electron chi connectivity index (χ4n) is 2.19. The molecule has 2 rings (SSSR count). The van der Waals surface area contributed by atoms with Gasteiger partial charge < -0.3 is 10.5 Å². The van der Waals surface area contributed by atoms with E-state index in [0.29, 0.717) is 17.9 Å². The lowest BCUT2D eigenvalue weighted by molar-refractivity contribution is -0.135. The van der Waals surface area contributed by atoms with Crippen LogP contribution < -0.4 is 5.73 Å². The Morgan fingerprint density at radius 2 is 2.24 bits per heavy atom. The Balaban J connectivity index is 2.28. The van der Waals surface area contributed by atoms with Crippen LogP contribution in [0.5, 0.6) is 0 Å². The van der Waals surface area contributed by atoms with Gasteiger partial charge in [-0.2, -0.15) is 0 Å². The van der Waals surface area contributed by atoms with E-state index in [1.165, 1.54) is 5.01 Å². The summed E-state index contributed by atoms with van der Waals surface area (Å²) in [6.45, 7) is 1.86. The third-order valence-corrected chi connectivity index (χ3v) is 3.49. The van der Waals surface area contributed by atoms with Gasteiger partial charge in [0.2, 0.25) is 11.7 Å². The van der Waals surface area contributed by atoms with Gasteiger partial charge in [0, 0.05) is 11.4 Å². The maximum absolute atomic E-state index is 12.0. The number of carbonyl (C=O) groups is 2. The van der Waals surface area contributed by atoms with Crippen LogP contribution in [0.25, 0.3) is 0 Å². The molecule has 1 aromatic rings. The molecular formula is C14H16ClN3O3. The molecule has 1 amide bonds. The number of hydrogen-bond donors (Lipinski definition) is 1. The van der Waals surface area contributed by atoms with Gasteiger partial charge in [-0.25, -0.2) is 9.80 Å². The Kier molecular flexibility index (Phi) is 4.80. The molecule has 1 unspecified atom stereocenters. The average molecular weight is 310 g/mol. The molecule has 0 spiro atoms. The first-order valence-corrected chi connectivity index (χ1v) is 7.00. The van der Waals surface area contributed by atoms with Crippen molar-refractivity contribution in [1.29, 1.82) is 0 Å². The van der Waals surface area contributed by atoms with Gasteiger partial charge in [0.05, 0.1) is 12.6 Å². The monoisotopic (exact) mass is 309 g/mol. The molecule has 1 aromatic carbocycles. The van der Waals surface area contributed by atoms with Gasteiger partial charge in [0.1, 0.15) is 0 Å². The molecule has 1 atom stereocenters. The van der Waals surface area contributed by atoms with E-state index < -0.39 is 5.97 Å². The van der Waals surface area contributed by atoms with Crippen LogP contribution in [0, 0.1) is 0 Å². The molecule has 0 radical (unpaired) electrons. The van der Waals surface area contributed by atoms with Crippen molar-refractivity contribution in [1.82, 2.24) is 5.01 Å². The molecule has 21 heavy (non-hydrogen) atoms. The van der Waals surface area contributed by atoms with E-state index >= 15 is 0 Å². The first-order chi connectivity index (χ1) is 10.0. The molecule has 112 valence electrons. The van der Waals surface area contributed by atoms with Crippen LogP contribution >= 0.6 is 11.6 Å². The topological polar surface area (TPSA) is 85.0 Å². The standard InChI is InChI=1S/C14H16ClN3O3/c1-2-21-14(20)13(16)17-18-11(7-8-12(18)19)9-5-3-4-6-10(9)15/h3-6,11H,2,7-8H2,1H3,(H2,16,17). The van der Waals surface area contributed by atoms with Crippen molar-refractivity contribution in [2.24, 2.45) is 10.8 Å². The van der Waals surface area contributed by atoms with E-state index in [-0.39, 0.29) is 24.4 Å². The van der Waals surface area contributed by atoms with Gasteiger partial charge in [-0.15, -0.1) is 5.10 Å². The summed E-state index contributed by atoms with van der Waals surface area (Å²) < 4.78 is 4.76. The molecule has 1 aliphatic rings. The normalized spacial score (nSPS) is 19.0. The highest BCUT2D eigenvalue weighted by Crippen LogP contribution is 2.36. The van der Waals surface area contributed by atoms with Crippen LogP contribution in [0.3, 0.4) is 0 Å². The van der Waals surface area contributed by atoms with Crippen LogP contribution in [-0.2, 0) is 14.3 Å². The highest BCUT2D eigenvalue weighted by atomic mass is 35.5. The molecule has 1 saturated heterocycles. The minimum absolute atomic E-state index is 0.191. The highest BCUT2D eigenvalue weighted by Gasteiger charge is 2.34. The average Bonchev–Trinajstić information content (AvgIpc) is 2.81. The minimum atomic E-state index is -0.741. The van der Waals surface area contributed by atoms with Crippen molar-refractivity contribution < 1.29 is 14.3 Å². The van der Waals surface area contributed by atoms with E-state index in [1.54, 1.807) is 13.0 Å². The number of amides is 1. The van der Waals surface area contributed by atoms with E-state index in [4.69, 9.17) is 22.1 Å². The van der Waals surface area contributed by atoms with Crippen molar-refractivity contribution in [2.75, 3.05) is 6.61 Å². The van der Waals surface area contributed by atoms with E-state index in [1.807, 2.05) is 18.2 Å². The highest BCUT2D eigenvalue weighted by molar-refractivity contribution is 6.34. The van der Waals surface area contributed by atoms with Gasteiger partial charge in [-0.05, 0) is 25.0 Å². The van der Waals surface area contributed by atoms with Crippen molar-refractivity contribution in [3.8, 4) is 0 Å². The molecule has 0 bridgehead atoms. The fourth-order valence-corrected chi connectivity index (χ4v) is 2.45. The zero-order valence-corrected chi connectivity index (χ0v) is 12.3. The molecule has 1 fully saturated rings. The molecule has 0 saturated carbocycles. The molecule has 0 aromatic heterocycles. The lowest BCUT2D eigenvalue weighted by Crippen LogP contribution is -2.32. The summed E-state index contributed by atoms with van der Waals surface area (Å²) in [6.07, 6.45) is 0.900. The molecule has 0 aliphatic carbocycles. The number of nitrogens with zero attached hydrogens (tertiary/aromatic N) is 2. The number of ether oxygens (including phenoxy) is 1. The van der Waals surface area contributed by atoms with Gasteiger partial charge in [0.25, 0.3) is 0 Å². The van der Waals surface area contributed by atoms with Crippen LogP contribution in [-0.4, -0.2) is 29.3 Å². The smallest absolute Gasteiger partial charge is 0.375 e. The predicted molar refractivity (Wildman–Crippen MR) is 78.5 cm³/mol. The first kappa shape index (κ1) is 15.3. The molecule has 7 heteroatoms.